The Hall–Kier alpha value is -4.96. The zero-order chi connectivity index (χ0) is 28.6. The molecule has 2 N–H and O–H groups in total. The molecule has 0 aromatic heterocycles. The normalized spacial score (nSPS) is 16.0. The van der Waals surface area contributed by atoms with Crippen molar-refractivity contribution in [3.05, 3.63) is 138 Å². The average Bonchev–Trinajstić information content (AvgIpc) is 3.37. The minimum atomic E-state index is 0.142. The van der Waals surface area contributed by atoms with Crippen LogP contribution in [-0.2, 0) is 0 Å². The predicted molar refractivity (Wildman–Crippen MR) is 179 cm³/mol. The zero-order valence-corrected chi connectivity index (χ0v) is 24.4. The van der Waals surface area contributed by atoms with Crippen LogP contribution in [0.2, 0.25) is 0 Å². The molecule has 0 fully saturated rings. The van der Waals surface area contributed by atoms with Gasteiger partial charge in [-0.3, -0.25) is 0 Å². The molecule has 0 amide bonds. The van der Waals surface area contributed by atoms with Gasteiger partial charge in [0.1, 0.15) is 6.17 Å². The van der Waals surface area contributed by atoms with Gasteiger partial charge in [-0.1, -0.05) is 78.9 Å². The number of fused-ring (bicyclic) bond motifs is 2. The largest absolute Gasteiger partial charge is 0.376 e. The van der Waals surface area contributed by atoms with Crippen LogP contribution in [0.3, 0.4) is 0 Å². The Labute approximate surface area is 248 Å². The van der Waals surface area contributed by atoms with Crippen LogP contribution in [0.1, 0.15) is 24.6 Å². The van der Waals surface area contributed by atoms with E-state index in [4.69, 9.17) is 0 Å². The third-order valence-corrected chi connectivity index (χ3v) is 8.50. The van der Waals surface area contributed by atoms with Crippen molar-refractivity contribution in [1.29, 1.82) is 0 Å². The molecule has 1 unspecified atom stereocenters. The van der Waals surface area contributed by atoms with E-state index in [1.807, 2.05) is 0 Å². The van der Waals surface area contributed by atoms with Crippen molar-refractivity contribution >= 4 is 27.8 Å². The summed E-state index contributed by atoms with van der Waals surface area (Å²) < 4.78 is 0. The molecule has 0 saturated heterocycles. The van der Waals surface area contributed by atoms with Crippen LogP contribution in [0.25, 0.3) is 33.0 Å². The number of allylic oxidation sites excluding steroid dienone is 3. The van der Waals surface area contributed by atoms with E-state index in [0.29, 0.717) is 0 Å². The Balaban J connectivity index is 1.11. The molecule has 1 aliphatic carbocycles. The fourth-order valence-corrected chi connectivity index (χ4v) is 6.17. The number of likely N-dealkylation sites (N-methyl/N-ethyl adjacent to an activating group) is 1. The van der Waals surface area contributed by atoms with Gasteiger partial charge in [-0.2, -0.15) is 0 Å². The Bertz CT molecular complexity index is 1810. The van der Waals surface area contributed by atoms with E-state index in [9.17, 15) is 0 Å². The molecule has 42 heavy (non-hydrogen) atoms. The SMILES string of the molecule is CN(C)C1=C(Nc2ccc(-c3ccc4ccc(-c5ccc(C6Nc7ccccc7N6C)cc5)cc4c3)cc2)CCC=C1. The summed E-state index contributed by atoms with van der Waals surface area (Å²) in [6.45, 7) is 0. The fourth-order valence-electron chi connectivity index (χ4n) is 6.17. The molecule has 2 aliphatic rings. The van der Waals surface area contributed by atoms with E-state index < -0.39 is 0 Å². The molecule has 1 atom stereocenters. The second-order valence-electron chi connectivity index (χ2n) is 11.5. The smallest absolute Gasteiger partial charge is 0.125 e. The topological polar surface area (TPSA) is 30.5 Å². The maximum Gasteiger partial charge on any atom is 0.125 e. The van der Waals surface area contributed by atoms with Crippen LogP contribution in [0.5, 0.6) is 0 Å². The first-order valence-electron chi connectivity index (χ1n) is 14.7. The molecule has 7 rings (SSSR count). The van der Waals surface area contributed by atoms with Crippen LogP contribution >= 0.6 is 0 Å². The number of para-hydroxylation sites is 2. The molecule has 4 nitrogen and oxygen atoms in total. The summed E-state index contributed by atoms with van der Waals surface area (Å²) in [5.41, 5.74) is 12.2. The number of hydrogen-bond acceptors (Lipinski definition) is 4. The molecule has 1 heterocycles. The van der Waals surface area contributed by atoms with E-state index in [2.05, 4.69) is 163 Å². The minimum Gasteiger partial charge on any atom is -0.376 e. The van der Waals surface area contributed by atoms with Gasteiger partial charge >= 0.3 is 0 Å². The Morgan fingerprint density at radius 3 is 2.05 bits per heavy atom. The molecule has 5 aromatic carbocycles. The van der Waals surface area contributed by atoms with Crippen molar-refractivity contribution in [3.63, 3.8) is 0 Å². The monoisotopic (exact) mass is 548 g/mol. The highest BCUT2D eigenvalue weighted by Gasteiger charge is 2.26. The van der Waals surface area contributed by atoms with Gasteiger partial charge in [0.25, 0.3) is 0 Å². The second-order valence-corrected chi connectivity index (χ2v) is 11.5. The maximum absolute atomic E-state index is 3.66. The Morgan fingerprint density at radius 1 is 0.738 bits per heavy atom. The third-order valence-electron chi connectivity index (χ3n) is 8.50. The Kier molecular flexibility index (Phi) is 6.67. The molecule has 0 bridgehead atoms. The third kappa shape index (κ3) is 4.90. The average molecular weight is 549 g/mol. The second kappa shape index (κ2) is 10.8. The van der Waals surface area contributed by atoms with E-state index in [-0.39, 0.29) is 6.17 Å². The number of benzene rings is 5. The standard InChI is InChI=1S/C38H36N4/c1-41(2)36-10-6-4-8-34(36)39-33-22-20-27(21-23-33)31-19-15-28-14-18-30(24-32(28)25-31)26-12-16-29(17-13-26)38-40-35-9-5-7-11-37(35)42(38)3/h5-7,9-25,38-40H,4,8H2,1-3H3. The number of nitrogens with zero attached hydrogens (tertiary/aromatic N) is 2. The fraction of sp³-hybridized carbons (Fsp3) is 0.158. The molecule has 0 saturated carbocycles. The first-order valence-corrected chi connectivity index (χ1v) is 14.7. The van der Waals surface area contributed by atoms with Gasteiger partial charge in [0.15, 0.2) is 0 Å². The summed E-state index contributed by atoms with van der Waals surface area (Å²) in [7, 11) is 6.35. The van der Waals surface area contributed by atoms with Crippen molar-refractivity contribution < 1.29 is 0 Å². The van der Waals surface area contributed by atoms with Gasteiger partial charge in [-0.05, 0) is 93.9 Å². The number of hydrogen-bond donors (Lipinski definition) is 2. The van der Waals surface area contributed by atoms with Crippen molar-refractivity contribution in [1.82, 2.24) is 4.90 Å². The first-order chi connectivity index (χ1) is 20.5. The highest BCUT2D eigenvalue weighted by atomic mass is 15.3. The summed E-state index contributed by atoms with van der Waals surface area (Å²) in [6, 6.07) is 39.8. The van der Waals surface area contributed by atoms with Gasteiger partial charge < -0.3 is 20.4 Å². The number of anilines is 3. The molecule has 208 valence electrons. The predicted octanol–water partition coefficient (Wildman–Crippen LogP) is 9.27. The Morgan fingerprint density at radius 2 is 1.38 bits per heavy atom. The van der Waals surface area contributed by atoms with Gasteiger partial charge in [0, 0.05) is 32.5 Å². The number of nitrogens with one attached hydrogen (secondary N) is 2. The lowest BCUT2D eigenvalue weighted by atomic mass is 9.97. The summed E-state index contributed by atoms with van der Waals surface area (Å²) in [6.07, 6.45) is 6.70. The van der Waals surface area contributed by atoms with E-state index in [1.165, 1.54) is 61.4 Å². The van der Waals surface area contributed by atoms with E-state index in [1.54, 1.807) is 0 Å². The lowest BCUT2D eigenvalue weighted by molar-refractivity contribution is 0.517. The highest BCUT2D eigenvalue weighted by Crippen LogP contribution is 2.40. The first kappa shape index (κ1) is 26.0. The minimum absolute atomic E-state index is 0.142. The summed E-state index contributed by atoms with van der Waals surface area (Å²) >= 11 is 0. The summed E-state index contributed by atoms with van der Waals surface area (Å²) in [5, 5.41) is 9.81. The summed E-state index contributed by atoms with van der Waals surface area (Å²) in [4.78, 5) is 4.48. The zero-order valence-electron chi connectivity index (χ0n) is 24.4. The lowest BCUT2D eigenvalue weighted by Crippen LogP contribution is -2.23. The van der Waals surface area contributed by atoms with Crippen LogP contribution in [0.4, 0.5) is 17.1 Å². The number of rotatable bonds is 6. The molecule has 1 aliphatic heterocycles. The van der Waals surface area contributed by atoms with Gasteiger partial charge in [-0.25, -0.2) is 0 Å². The molecule has 4 heteroatoms. The van der Waals surface area contributed by atoms with Crippen molar-refractivity contribution in [2.45, 2.75) is 19.0 Å². The highest BCUT2D eigenvalue weighted by molar-refractivity contribution is 5.91. The maximum atomic E-state index is 3.66. The van der Waals surface area contributed by atoms with Crippen molar-refractivity contribution in [3.8, 4) is 22.3 Å². The lowest BCUT2D eigenvalue weighted by Gasteiger charge is -2.23. The van der Waals surface area contributed by atoms with Gasteiger partial charge in [-0.15, -0.1) is 0 Å². The summed E-state index contributed by atoms with van der Waals surface area (Å²) in [5.74, 6) is 0. The van der Waals surface area contributed by atoms with Gasteiger partial charge in [0.2, 0.25) is 0 Å². The quantitative estimate of drug-likeness (QED) is 0.221. The van der Waals surface area contributed by atoms with Gasteiger partial charge in [0.05, 0.1) is 17.1 Å². The van der Waals surface area contributed by atoms with Crippen molar-refractivity contribution in [2.24, 2.45) is 0 Å². The van der Waals surface area contributed by atoms with E-state index >= 15 is 0 Å². The molecule has 0 radical (unpaired) electrons. The van der Waals surface area contributed by atoms with Crippen LogP contribution in [-0.4, -0.2) is 26.0 Å². The van der Waals surface area contributed by atoms with Crippen LogP contribution < -0.4 is 15.5 Å². The van der Waals surface area contributed by atoms with Crippen LogP contribution in [0, 0.1) is 0 Å². The molecular weight excluding hydrogens is 512 g/mol. The molecule has 5 aromatic rings. The van der Waals surface area contributed by atoms with Crippen LogP contribution in [0.15, 0.2) is 133 Å². The molecular formula is C38H36N4. The molecule has 0 spiro atoms. The van der Waals surface area contributed by atoms with Crippen molar-refractivity contribution in [2.75, 3.05) is 36.7 Å². The van der Waals surface area contributed by atoms with E-state index in [0.717, 1.165) is 18.5 Å².